The van der Waals surface area contributed by atoms with Crippen LogP contribution in [0.3, 0.4) is 0 Å². The first-order valence-corrected chi connectivity index (χ1v) is 12.2. The molecule has 0 radical (unpaired) electrons. The van der Waals surface area contributed by atoms with Gasteiger partial charge in [0.05, 0.1) is 0 Å². The molecule has 0 saturated heterocycles. The Hall–Kier alpha value is -3.63. The highest BCUT2D eigenvalue weighted by Gasteiger charge is 2.04. The van der Waals surface area contributed by atoms with Crippen molar-refractivity contribution < 1.29 is 4.79 Å². The molecule has 0 aliphatic heterocycles. The molecule has 0 aromatic heterocycles. The fourth-order valence-corrected chi connectivity index (χ4v) is 3.81. The van der Waals surface area contributed by atoms with Crippen molar-refractivity contribution in [2.75, 3.05) is 0 Å². The largest absolute Gasteiger partial charge is 0.290 e. The number of aryl methyl sites for hydroxylation is 2. The maximum atomic E-state index is 12.3. The van der Waals surface area contributed by atoms with Crippen molar-refractivity contribution in [3.63, 3.8) is 0 Å². The van der Waals surface area contributed by atoms with Crippen molar-refractivity contribution in [3.8, 4) is 0 Å². The van der Waals surface area contributed by atoms with Crippen molar-refractivity contribution in [1.29, 1.82) is 0 Å². The molecule has 2 aliphatic rings. The smallest absolute Gasteiger partial charge is 0.178 e. The van der Waals surface area contributed by atoms with Crippen LogP contribution in [0.2, 0.25) is 0 Å². The molecule has 0 unspecified atom stereocenters. The van der Waals surface area contributed by atoms with Gasteiger partial charge in [0.25, 0.3) is 0 Å². The maximum Gasteiger partial charge on any atom is 0.178 e. The molecule has 1 aromatic carbocycles. The first kappa shape index (κ1) is 25.0. The molecular formula is C33H34O. The summed E-state index contributed by atoms with van der Waals surface area (Å²) >= 11 is 0. The quantitative estimate of drug-likeness (QED) is 0.211. The number of carbonyl (C=O) groups excluding carboxylic acids is 1. The van der Waals surface area contributed by atoms with Crippen LogP contribution in [0.4, 0.5) is 0 Å². The zero-order valence-corrected chi connectivity index (χ0v) is 20.6. The molecule has 0 bridgehead atoms. The Kier molecular flexibility index (Phi) is 9.68. The molecule has 1 nitrogen and oxygen atoms in total. The van der Waals surface area contributed by atoms with Gasteiger partial charge in [-0.25, -0.2) is 0 Å². The Morgan fingerprint density at radius 1 is 1.00 bits per heavy atom. The highest BCUT2D eigenvalue weighted by atomic mass is 16.1. The summed E-state index contributed by atoms with van der Waals surface area (Å²) in [4.78, 5) is 12.3. The molecule has 3 rings (SSSR count). The summed E-state index contributed by atoms with van der Waals surface area (Å²) in [7, 11) is 0. The zero-order valence-electron chi connectivity index (χ0n) is 20.6. The third-order valence-corrected chi connectivity index (χ3v) is 5.87. The van der Waals surface area contributed by atoms with E-state index in [0.29, 0.717) is 0 Å². The fourth-order valence-electron chi connectivity index (χ4n) is 3.81. The lowest BCUT2D eigenvalue weighted by Crippen LogP contribution is -1.93. The maximum absolute atomic E-state index is 12.3. The summed E-state index contributed by atoms with van der Waals surface area (Å²) in [5.41, 5.74) is 14.6. The molecule has 0 saturated carbocycles. The van der Waals surface area contributed by atoms with Crippen molar-refractivity contribution in [1.82, 2.24) is 0 Å². The number of benzene rings is 1. The number of hydrogen-bond donors (Lipinski definition) is 0. The number of carbonyl (C=O) groups is 1. The monoisotopic (exact) mass is 446 g/mol. The standard InChI is InChI=1S/C33H34O/c1-4-5-6-13-30-21-22-32(25-27(30)3)31-14-8-7-11-28(17-20-31)18-23-33(34)24-19-29-12-9-10-26(2)15-16-29/h7,9,12,14-25H,4-6,8,13H2,1-3H3/b20-17-,23-18-,24-19+,31-14+. The number of ketones is 1. The highest BCUT2D eigenvalue weighted by Crippen LogP contribution is 2.23. The minimum absolute atomic E-state index is 0.0537. The summed E-state index contributed by atoms with van der Waals surface area (Å²) in [5, 5.41) is 0. The van der Waals surface area contributed by atoms with Gasteiger partial charge in [-0.3, -0.25) is 4.79 Å². The van der Waals surface area contributed by atoms with Gasteiger partial charge in [0, 0.05) is 5.57 Å². The van der Waals surface area contributed by atoms with Crippen LogP contribution in [0.1, 0.15) is 56.2 Å². The van der Waals surface area contributed by atoms with E-state index in [-0.39, 0.29) is 5.78 Å². The topological polar surface area (TPSA) is 17.1 Å². The Morgan fingerprint density at radius 3 is 2.68 bits per heavy atom. The predicted octanol–water partition coefficient (Wildman–Crippen LogP) is 8.43. The van der Waals surface area contributed by atoms with Crippen LogP contribution >= 0.6 is 0 Å². The van der Waals surface area contributed by atoms with E-state index >= 15 is 0 Å². The van der Waals surface area contributed by atoms with E-state index in [1.54, 1.807) is 12.2 Å². The van der Waals surface area contributed by atoms with Gasteiger partial charge < -0.3 is 0 Å². The number of rotatable bonds is 9. The minimum Gasteiger partial charge on any atom is -0.290 e. The van der Waals surface area contributed by atoms with Crippen molar-refractivity contribution in [2.24, 2.45) is 0 Å². The van der Waals surface area contributed by atoms with Gasteiger partial charge in [-0.15, -0.1) is 11.5 Å². The lowest BCUT2D eigenvalue weighted by molar-refractivity contribution is -0.110. The van der Waals surface area contributed by atoms with Crippen LogP contribution in [0.5, 0.6) is 0 Å². The van der Waals surface area contributed by atoms with Crippen LogP contribution in [-0.2, 0) is 11.2 Å². The van der Waals surface area contributed by atoms with E-state index in [0.717, 1.165) is 29.6 Å². The second kappa shape index (κ2) is 13.2. The van der Waals surface area contributed by atoms with E-state index in [9.17, 15) is 4.79 Å². The van der Waals surface area contributed by atoms with Crippen LogP contribution < -0.4 is 0 Å². The molecule has 0 amide bonds. The predicted molar refractivity (Wildman–Crippen MR) is 146 cm³/mol. The van der Waals surface area contributed by atoms with E-state index in [1.165, 1.54) is 41.5 Å². The van der Waals surface area contributed by atoms with Crippen LogP contribution in [0.15, 0.2) is 119 Å². The summed E-state index contributed by atoms with van der Waals surface area (Å²) in [6.07, 6.45) is 28.7. The molecule has 0 atom stereocenters. The Bertz CT molecular complexity index is 1220. The van der Waals surface area contributed by atoms with E-state index in [1.807, 2.05) is 55.5 Å². The van der Waals surface area contributed by atoms with Crippen molar-refractivity contribution >= 4 is 11.4 Å². The first-order chi connectivity index (χ1) is 16.5. The highest BCUT2D eigenvalue weighted by molar-refractivity contribution is 6.00. The molecule has 0 spiro atoms. The SMILES string of the molecule is CCCCCc1ccc(C2=C/CC=C=C(/C=C\C(=O)/C=C/C3=CC=C=C(C)C=C3)/C=C\2)cc1C. The van der Waals surface area contributed by atoms with Crippen LogP contribution in [0.25, 0.3) is 5.57 Å². The second-order valence-electron chi connectivity index (χ2n) is 8.69. The summed E-state index contributed by atoms with van der Waals surface area (Å²) in [6, 6.07) is 6.79. The number of hydrogen-bond acceptors (Lipinski definition) is 1. The number of allylic oxidation sites excluding steroid dienone is 14. The molecule has 1 aromatic rings. The van der Waals surface area contributed by atoms with Crippen LogP contribution in [-0.4, -0.2) is 5.78 Å². The number of unbranched alkanes of at least 4 members (excludes halogenated alkanes) is 2. The second-order valence-corrected chi connectivity index (χ2v) is 8.69. The van der Waals surface area contributed by atoms with Gasteiger partial charge in [0.15, 0.2) is 5.78 Å². The lowest BCUT2D eigenvalue weighted by atomic mass is 9.95. The average Bonchev–Trinajstić information content (AvgIpc) is 3.02. The molecule has 0 N–H and O–H groups in total. The Labute approximate surface area is 205 Å². The third kappa shape index (κ3) is 8.05. The molecule has 172 valence electrons. The third-order valence-electron chi connectivity index (χ3n) is 5.87. The van der Waals surface area contributed by atoms with Crippen molar-refractivity contribution in [3.05, 3.63) is 136 Å². The molecule has 0 fully saturated rings. The summed E-state index contributed by atoms with van der Waals surface area (Å²) in [5.74, 6) is -0.0537. The van der Waals surface area contributed by atoms with Gasteiger partial charge in [-0.05, 0) is 109 Å². The van der Waals surface area contributed by atoms with E-state index < -0.39 is 0 Å². The zero-order chi connectivity index (χ0) is 24.2. The summed E-state index contributed by atoms with van der Waals surface area (Å²) in [6.45, 7) is 6.45. The Balaban J connectivity index is 1.64. The molecular weight excluding hydrogens is 412 g/mol. The molecule has 1 heteroatoms. The Morgan fingerprint density at radius 2 is 1.85 bits per heavy atom. The van der Waals surface area contributed by atoms with Crippen LogP contribution in [0, 0.1) is 6.92 Å². The normalized spacial score (nSPS) is 18.1. The van der Waals surface area contributed by atoms with E-state index in [2.05, 4.69) is 55.7 Å². The van der Waals surface area contributed by atoms with Gasteiger partial charge in [0.2, 0.25) is 0 Å². The minimum atomic E-state index is -0.0537. The van der Waals surface area contributed by atoms with E-state index in [4.69, 9.17) is 0 Å². The van der Waals surface area contributed by atoms with Gasteiger partial charge >= 0.3 is 0 Å². The fraction of sp³-hybridized carbons (Fsp3) is 0.242. The molecule has 34 heavy (non-hydrogen) atoms. The molecule has 0 heterocycles. The van der Waals surface area contributed by atoms with Gasteiger partial charge in [-0.1, -0.05) is 68.3 Å². The average molecular weight is 447 g/mol. The first-order valence-electron chi connectivity index (χ1n) is 12.2. The van der Waals surface area contributed by atoms with Crippen molar-refractivity contribution in [2.45, 2.75) is 52.9 Å². The van der Waals surface area contributed by atoms with Gasteiger partial charge in [0.1, 0.15) is 0 Å². The van der Waals surface area contributed by atoms with Gasteiger partial charge in [-0.2, -0.15) is 0 Å². The summed E-state index contributed by atoms with van der Waals surface area (Å²) < 4.78 is 0. The molecule has 2 aliphatic carbocycles. The lowest BCUT2D eigenvalue weighted by Gasteiger charge is -2.10.